The number of halogens is 1. The third kappa shape index (κ3) is 2.83. The van der Waals surface area contributed by atoms with E-state index in [0.717, 1.165) is 33.0 Å². The van der Waals surface area contributed by atoms with Gasteiger partial charge in [-0.15, -0.1) is 11.3 Å². The molecular weight excluding hydrogens is 336 g/mol. The number of anilines is 1. The second kappa shape index (κ2) is 5.04. The highest BCUT2D eigenvalue weighted by molar-refractivity contribution is 9.10. The maximum absolute atomic E-state index is 5.83. The molecule has 0 amide bonds. The summed E-state index contributed by atoms with van der Waals surface area (Å²) in [6, 6.07) is 6.12. The quantitative estimate of drug-likeness (QED) is 0.806. The lowest BCUT2D eigenvalue weighted by molar-refractivity contribution is 0.327. The fraction of sp³-hybridized carbons (Fsp3) is 0.400. The molecule has 0 aliphatic carbocycles. The number of ether oxygens (including phenoxy) is 1. The Balaban J connectivity index is 2.05. The van der Waals surface area contributed by atoms with Crippen molar-refractivity contribution in [2.75, 3.05) is 11.9 Å². The van der Waals surface area contributed by atoms with Gasteiger partial charge in [-0.2, -0.15) is 0 Å². The first kappa shape index (κ1) is 13.9. The Morgan fingerprint density at radius 3 is 2.90 bits per heavy atom. The van der Waals surface area contributed by atoms with Crippen molar-refractivity contribution >= 4 is 32.4 Å². The highest BCUT2D eigenvalue weighted by Crippen LogP contribution is 2.40. The highest BCUT2D eigenvalue weighted by Gasteiger charge is 2.22. The Morgan fingerprint density at radius 2 is 2.15 bits per heavy atom. The summed E-state index contributed by atoms with van der Waals surface area (Å²) in [5, 5.41) is 4.44. The van der Waals surface area contributed by atoms with Crippen LogP contribution in [-0.4, -0.2) is 17.1 Å². The molecule has 0 unspecified atom stereocenters. The molecule has 0 bridgehead atoms. The van der Waals surface area contributed by atoms with E-state index in [0.29, 0.717) is 6.61 Å². The number of aromatic nitrogens is 1. The first-order valence-corrected chi connectivity index (χ1v) is 8.24. The zero-order chi connectivity index (χ0) is 14.3. The maximum atomic E-state index is 5.83. The summed E-state index contributed by atoms with van der Waals surface area (Å²) in [4.78, 5) is 6.07. The summed E-state index contributed by atoms with van der Waals surface area (Å²) >= 11 is 5.22. The molecule has 0 saturated heterocycles. The van der Waals surface area contributed by atoms with E-state index >= 15 is 0 Å². The fourth-order valence-corrected chi connectivity index (χ4v) is 3.68. The van der Waals surface area contributed by atoms with Gasteiger partial charge in [-0.25, -0.2) is 4.98 Å². The monoisotopic (exact) mass is 352 g/mol. The minimum atomic E-state index is 0.0234. The number of fused-ring (bicyclic) bond motifs is 3. The maximum Gasteiger partial charge on any atom is 0.183 e. The topological polar surface area (TPSA) is 34.2 Å². The predicted molar refractivity (Wildman–Crippen MR) is 87.8 cm³/mol. The Kier molecular flexibility index (Phi) is 3.50. The van der Waals surface area contributed by atoms with Crippen LogP contribution in [0.3, 0.4) is 0 Å². The van der Waals surface area contributed by atoms with Gasteiger partial charge in [0.1, 0.15) is 5.75 Å². The van der Waals surface area contributed by atoms with Gasteiger partial charge in [0.05, 0.1) is 12.3 Å². The Bertz CT molecular complexity index is 646. The average Bonchev–Trinajstić information content (AvgIpc) is 2.62. The van der Waals surface area contributed by atoms with Crippen molar-refractivity contribution in [2.24, 2.45) is 0 Å². The Hall–Kier alpha value is -1.07. The van der Waals surface area contributed by atoms with E-state index in [1.165, 1.54) is 4.88 Å². The molecule has 5 heteroatoms. The van der Waals surface area contributed by atoms with Crippen molar-refractivity contribution in [3.8, 4) is 17.0 Å². The highest BCUT2D eigenvalue weighted by atomic mass is 79.9. The molecule has 0 radical (unpaired) electrons. The standard InChI is InChI=1S/C15H17BrN2OS/c1-15(2,3)18-14-17-13-10-5-4-9(16)8-11(10)19-7-6-12(13)20-14/h4-5,8H,6-7H2,1-3H3,(H,17,18). The van der Waals surface area contributed by atoms with Crippen LogP contribution in [0, 0.1) is 0 Å². The average molecular weight is 353 g/mol. The van der Waals surface area contributed by atoms with Crippen LogP contribution < -0.4 is 10.1 Å². The molecule has 0 fully saturated rings. The molecule has 1 aromatic heterocycles. The molecular formula is C15H17BrN2OS. The molecule has 3 nitrogen and oxygen atoms in total. The second-order valence-electron chi connectivity index (χ2n) is 5.90. The molecule has 1 aliphatic rings. The third-order valence-corrected chi connectivity index (χ3v) is 4.49. The van der Waals surface area contributed by atoms with Gasteiger partial charge in [0, 0.05) is 26.9 Å². The second-order valence-corrected chi connectivity index (χ2v) is 7.90. The van der Waals surface area contributed by atoms with E-state index in [4.69, 9.17) is 9.72 Å². The van der Waals surface area contributed by atoms with Crippen LogP contribution in [0.5, 0.6) is 5.75 Å². The number of hydrogen-bond acceptors (Lipinski definition) is 4. The van der Waals surface area contributed by atoms with Crippen LogP contribution in [-0.2, 0) is 6.42 Å². The Morgan fingerprint density at radius 1 is 1.35 bits per heavy atom. The summed E-state index contributed by atoms with van der Waals surface area (Å²) < 4.78 is 6.86. The minimum absolute atomic E-state index is 0.0234. The smallest absolute Gasteiger partial charge is 0.183 e. The van der Waals surface area contributed by atoms with Crippen molar-refractivity contribution < 1.29 is 4.74 Å². The van der Waals surface area contributed by atoms with Crippen LogP contribution in [0.4, 0.5) is 5.13 Å². The normalized spacial score (nSPS) is 14.0. The lowest BCUT2D eigenvalue weighted by atomic mass is 10.1. The van der Waals surface area contributed by atoms with Gasteiger partial charge in [0.25, 0.3) is 0 Å². The minimum Gasteiger partial charge on any atom is -0.492 e. The van der Waals surface area contributed by atoms with Crippen LogP contribution in [0.1, 0.15) is 25.6 Å². The van der Waals surface area contributed by atoms with E-state index in [1.54, 1.807) is 11.3 Å². The van der Waals surface area contributed by atoms with Crippen molar-refractivity contribution in [3.05, 3.63) is 27.5 Å². The summed E-state index contributed by atoms with van der Waals surface area (Å²) in [6.45, 7) is 7.14. The molecule has 2 heterocycles. The molecule has 106 valence electrons. The largest absolute Gasteiger partial charge is 0.492 e. The van der Waals surface area contributed by atoms with Gasteiger partial charge in [0.15, 0.2) is 5.13 Å². The number of nitrogens with one attached hydrogen (secondary N) is 1. The lowest BCUT2D eigenvalue weighted by Gasteiger charge is -2.19. The molecule has 0 spiro atoms. The van der Waals surface area contributed by atoms with Crippen LogP contribution >= 0.6 is 27.3 Å². The molecule has 1 aliphatic heterocycles. The third-order valence-electron chi connectivity index (χ3n) is 2.96. The summed E-state index contributed by atoms with van der Waals surface area (Å²) in [5.41, 5.74) is 2.16. The van der Waals surface area contributed by atoms with Crippen molar-refractivity contribution in [2.45, 2.75) is 32.7 Å². The number of rotatable bonds is 1. The zero-order valence-electron chi connectivity index (χ0n) is 11.8. The first-order valence-electron chi connectivity index (χ1n) is 6.63. The van der Waals surface area contributed by atoms with Gasteiger partial charge < -0.3 is 10.1 Å². The van der Waals surface area contributed by atoms with Crippen LogP contribution in [0.2, 0.25) is 0 Å². The Labute approximate surface area is 131 Å². The molecule has 3 rings (SSSR count). The number of thiazole rings is 1. The number of hydrogen-bond donors (Lipinski definition) is 1. The van der Waals surface area contributed by atoms with E-state index in [9.17, 15) is 0 Å². The zero-order valence-corrected chi connectivity index (χ0v) is 14.2. The molecule has 2 aromatic rings. The summed E-state index contributed by atoms with van der Waals surface area (Å²) in [6.07, 6.45) is 0.908. The molecule has 1 N–H and O–H groups in total. The van der Waals surface area contributed by atoms with Crippen molar-refractivity contribution in [3.63, 3.8) is 0 Å². The first-order chi connectivity index (χ1) is 9.42. The van der Waals surface area contributed by atoms with E-state index in [-0.39, 0.29) is 5.54 Å². The molecule has 0 saturated carbocycles. The SMILES string of the molecule is CC(C)(C)Nc1nc2c(s1)CCOc1cc(Br)ccc1-2. The summed E-state index contributed by atoms with van der Waals surface area (Å²) in [5.74, 6) is 0.908. The van der Waals surface area contributed by atoms with E-state index in [1.807, 2.05) is 12.1 Å². The number of nitrogens with zero attached hydrogens (tertiary/aromatic N) is 1. The van der Waals surface area contributed by atoms with Crippen molar-refractivity contribution in [1.29, 1.82) is 0 Å². The van der Waals surface area contributed by atoms with Crippen molar-refractivity contribution in [1.82, 2.24) is 4.98 Å². The fourth-order valence-electron chi connectivity index (χ4n) is 2.17. The van der Waals surface area contributed by atoms with Gasteiger partial charge in [0.2, 0.25) is 0 Å². The van der Waals surface area contributed by atoms with E-state index < -0.39 is 0 Å². The van der Waals surface area contributed by atoms with Crippen LogP contribution in [0.15, 0.2) is 22.7 Å². The molecule has 1 aromatic carbocycles. The lowest BCUT2D eigenvalue weighted by Crippen LogP contribution is -2.25. The van der Waals surface area contributed by atoms with E-state index in [2.05, 4.69) is 48.1 Å². The van der Waals surface area contributed by atoms with Gasteiger partial charge in [-0.3, -0.25) is 0 Å². The van der Waals surface area contributed by atoms with Gasteiger partial charge in [-0.1, -0.05) is 15.9 Å². The van der Waals surface area contributed by atoms with Gasteiger partial charge >= 0.3 is 0 Å². The predicted octanol–water partition coefficient (Wildman–Crippen LogP) is 4.72. The number of benzene rings is 1. The van der Waals surface area contributed by atoms with Gasteiger partial charge in [-0.05, 0) is 39.0 Å². The summed E-state index contributed by atoms with van der Waals surface area (Å²) in [7, 11) is 0. The van der Waals surface area contributed by atoms with Crippen LogP contribution in [0.25, 0.3) is 11.3 Å². The molecule has 0 atom stereocenters. The molecule has 20 heavy (non-hydrogen) atoms.